The van der Waals surface area contributed by atoms with Crippen molar-refractivity contribution in [2.75, 3.05) is 16.8 Å². The Morgan fingerprint density at radius 3 is 2.81 bits per heavy atom. The smallest absolute Gasteiger partial charge is 0.275 e. The third kappa shape index (κ3) is 3.05. The van der Waals surface area contributed by atoms with Crippen LogP contribution in [0, 0.1) is 5.95 Å². The lowest BCUT2D eigenvalue weighted by molar-refractivity contribution is 0.0942. The Kier molecular flexibility index (Phi) is 4.15. The summed E-state index contributed by atoms with van der Waals surface area (Å²) in [5, 5.41) is 2.74. The fourth-order valence-electron chi connectivity index (χ4n) is 3.17. The van der Waals surface area contributed by atoms with Crippen LogP contribution in [0.4, 0.5) is 15.8 Å². The van der Waals surface area contributed by atoms with Gasteiger partial charge in [-0.15, -0.1) is 0 Å². The van der Waals surface area contributed by atoms with Gasteiger partial charge in [-0.25, -0.2) is 4.98 Å². The van der Waals surface area contributed by atoms with Crippen molar-refractivity contribution in [1.29, 1.82) is 0 Å². The summed E-state index contributed by atoms with van der Waals surface area (Å²) < 4.78 is 14.9. The van der Waals surface area contributed by atoms with E-state index in [4.69, 9.17) is 0 Å². The normalized spacial score (nSPS) is 16.1. The molecule has 1 aliphatic rings. The quantitative estimate of drug-likeness (QED) is 0.724. The van der Waals surface area contributed by atoms with E-state index >= 15 is 0 Å². The molecule has 3 aromatic rings. The molecular weight excluding hydrogens is 349 g/mol. The summed E-state index contributed by atoms with van der Waals surface area (Å²) in [6.45, 7) is 2.35. The fraction of sp³-hybridized carbons (Fsp3) is 0.158. The predicted molar refractivity (Wildman–Crippen MR) is 97.2 cm³/mol. The van der Waals surface area contributed by atoms with E-state index in [1.165, 1.54) is 29.4 Å². The molecule has 0 aromatic carbocycles. The van der Waals surface area contributed by atoms with Crippen molar-refractivity contribution in [2.24, 2.45) is 0 Å². The Labute approximate surface area is 154 Å². The van der Waals surface area contributed by atoms with E-state index in [0.717, 1.165) is 0 Å². The molecule has 0 saturated heterocycles. The van der Waals surface area contributed by atoms with Crippen LogP contribution in [0.25, 0.3) is 0 Å². The lowest BCUT2D eigenvalue weighted by atomic mass is 10.1. The lowest BCUT2D eigenvalue weighted by Crippen LogP contribution is -2.43. The zero-order chi connectivity index (χ0) is 19.0. The average Bonchev–Trinajstić information content (AvgIpc) is 3.12. The maximum Gasteiger partial charge on any atom is 0.275 e. The standard InChI is InChI=1S/C19H16FN5O2/c1-12-11-25(14-4-5-16(20)22-10-14)19(27)17-15(6-8-24(12)17)18(26)23-13-3-2-7-21-9-13/h2-10,12H,11H2,1H3,(H,23,26)/t12-/m0/s1. The van der Waals surface area contributed by atoms with E-state index < -0.39 is 11.9 Å². The number of halogens is 1. The number of hydrogen-bond acceptors (Lipinski definition) is 4. The van der Waals surface area contributed by atoms with Crippen molar-refractivity contribution in [3.8, 4) is 0 Å². The highest BCUT2D eigenvalue weighted by atomic mass is 19.1. The van der Waals surface area contributed by atoms with Gasteiger partial charge in [0, 0.05) is 25.0 Å². The molecule has 7 nitrogen and oxygen atoms in total. The van der Waals surface area contributed by atoms with Crippen molar-refractivity contribution in [3.05, 3.63) is 72.3 Å². The van der Waals surface area contributed by atoms with Gasteiger partial charge in [0.05, 0.1) is 29.3 Å². The lowest BCUT2D eigenvalue weighted by Gasteiger charge is -2.33. The molecule has 136 valence electrons. The van der Waals surface area contributed by atoms with Crippen molar-refractivity contribution in [2.45, 2.75) is 13.0 Å². The topological polar surface area (TPSA) is 80.1 Å². The summed E-state index contributed by atoms with van der Waals surface area (Å²) in [4.78, 5) is 34.9. The number of nitrogens with zero attached hydrogens (tertiary/aromatic N) is 4. The van der Waals surface area contributed by atoms with Crippen LogP contribution in [-0.2, 0) is 0 Å². The fourth-order valence-corrected chi connectivity index (χ4v) is 3.17. The van der Waals surface area contributed by atoms with E-state index in [1.807, 2.05) is 6.92 Å². The largest absolute Gasteiger partial charge is 0.338 e. The molecule has 1 atom stereocenters. The summed E-state index contributed by atoms with van der Waals surface area (Å²) in [7, 11) is 0. The van der Waals surface area contributed by atoms with Crippen LogP contribution in [0.3, 0.4) is 0 Å². The summed E-state index contributed by atoms with van der Waals surface area (Å²) in [5.41, 5.74) is 1.59. The second-order valence-corrected chi connectivity index (χ2v) is 6.29. The monoisotopic (exact) mass is 365 g/mol. The van der Waals surface area contributed by atoms with Crippen LogP contribution in [-0.4, -0.2) is 32.9 Å². The minimum absolute atomic E-state index is 0.0531. The number of carbonyl (C=O) groups is 2. The minimum Gasteiger partial charge on any atom is -0.338 e. The Bertz CT molecular complexity index is 1000. The van der Waals surface area contributed by atoms with Gasteiger partial charge in [-0.1, -0.05) is 0 Å². The van der Waals surface area contributed by atoms with Gasteiger partial charge in [-0.2, -0.15) is 4.39 Å². The number of nitrogens with one attached hydrogen (secondary N) is 1. The van der Waals surface area contributed by atoms with Crippen LogP contribution in [0.2, 0.25) is 0 Å². The van der Waals surface area contributed by atoms with Crippen molar-refractivity contribution in [1.82, 2.24) is 14.5 Å². The maximum absolute atomic E-state index is 13.1. The molecule has 0 aliphatic carbocycles. The van der Waals surface area contributed by atoms with Crippen molar-refractivity contribution < 1.29 is 14.0 Å². The van der Waals surface area contributed by atoms with Gasteiger partial charge in [-0.05, 0) is 37.3 Å². The molecule has 0 radical (unpaired) electrons. The number of carbonyl (C=O) groups excluding carboxylic acids is 2. The van der Waals surface area contributed by atoms with Gasteiger partial charge in [0.15, 0.2) is 0 Å². The van der Waals surface area contributed by atoms with Gasteiger partial charge in [0.25, 0.3) is 11.8 Å². The molecule has 0 fully saturated rings. The molecule has 0 saturated carbocycles. The van der Waals surface area contributed by atoms with E-state index in [-0.39, 0.29) is 17.5 Å². The number of rotatable bonds is 3. The first-order valence-corrected chi connectivity index (χ1v) is 8.40. The SMILES string of the molecule is C[C@H]1CN(c2ccc(F)nc2)C(=O)c2c(C(=O)Nc3cccnc3)ccn21. The maximum atomic E-state index is 13.1. The molecule has 0 spiro atoms. The highest BCUT2D eigenvalue weighted by molar-refractivity contribution is 6.15. The number of anilines is 2. The van der Waals surface area contributed by atoms with Crippen LogP contribution in [0.1, 0.15) is 33.8 Å². The second kappa shape index (κ2) is 6.64. The number of amides is 2. The zero-order valence-corrected chi connectivity index (χ0v) is 14.5. The van der Waals surface area contributed by atoms with Gasteiger partial charge in [0.1, 0.15) is 5.69 Å². The van der Waals surface area contributed by atoms with Crippen molar-refractivity contribution in [3.63, 3.8) is 0 Å². The number of fused-ring (bicyclic) bond motifs is 1. The molecule has 1 aliphatic heterocycles. The van der Waals surface area contributed by atoms with Gasteiger partial charge >= 0.3 is 0 Å². The Morgan fingerprint density at radius 1 is 1.26 bits per heavy atom. The van der Waals surface area contributed by atoms with Gasteiger partial charge < -0.3 is 14.8 Å². The first-order chi connectivity index (χ1) is 13.0. The van der Waals surface area contributed by atoms with Gasteiger partial charge in [-0.3, -0.25) is 14.6 Å². The third-order valence-electron chi connectivity index (χ3n) is 4.47. The summed E-state index contributed by atoms with van der Waals surface area (Å²) in [6.07, 6.45) is 6.18. The van der Waals surface area contributed by atoms with Crippen LogP contribution in [0.15, 0.2) is 55.1 Å². The molecule has 3 aromatic heterocycles. The van der Waals surface area contributed by atoms with Crippen LogP contribution < -0.4 is 10.2 Å². The number of hydrogen-bond donors (Lipinski definition) is 1. The first-order valence-electron chi connectivity index (χ1n) is 8.40. The first kappa shape index (κ1) is 16.9. The van der Waals surface area contributed by atoms with E-state index in [1.54, 1.807) is 35.2 Å². The molecule has 8 heteroatoms. The zero-order valence-electron chi connectivity index (χ0n) is 14.5. The highest BCUT2D eigenvalue weighted by Crippen LogP contribution is 2.29. The molecule has 27 heavy (non-hydrogen) atoms. The molecule has 4 heterocycles. The second-order valence-electron chi connectivity index (χ2n) is 6.29. The van der Waals surface area contributed by atoms with E-state index in [2.05, 4.69) is 15.3 Å². The average molecular weight is 365 g/mol. The number of aromatic nitrogens is 3. The number of pyridine rings is 2. The van der Waals surface area contributed by atoms with E-state index in [9.17, 15) is 14.0 Å². The molecule has 1 N–H and O–H groups in total. The molecule has 0 bridgehead atoms. The molecular formula is C19H16FN5O2. The molecule has 2 amide bonds. The molecule has 0 unspecified atom stereocenters. The Hall–Kier alpha value is -3.55. The highest BCUT2D eigenvalue weighted by Gasteiger charge is 2.34. The third-order valence-corrected chi connectivity index (χ3v) is 4.47. The predicted octanol–water partition coefficient (Wildman–Crippen LogP) is 2.89. The van der Waals surface area contributed by atoms with Gasteiger partial charge in [0.2, 0.25) is 5.95 Å². The Balaban J connectivity index is 1.68. The summed E-state index contributed by atoms with van der Waals surface area (Å²) in [5.74, 6) is -1.34. The van der Waals surface area contributed by atoms with Crippen LogP contribution >= 0.6 is 0 Å². The van der Waals surface area contributed by atoms with Crippen molar-refractivity contribution >= 4 is 23.2 Å². The summed E-state index contributed by atoms with van der Waals surface area (Å²) in [6, 6.07) is 7.71. The van der Waals surface area contributed by atoms with E-state index in [0.29, 0.717) is 23.6 Å². The minimum atomic E-state index is -0.615. The summed E-state index contributed by atoms with van der Waals surface area (Å²) >= 11 is 0. The van der Waals surface area contributed by atoms with Crippen LogP contribution in [0.5, 0.6) is 0 Å². The molecule has 4 rings (SSSR count). The Morgan fingerprint density at radius 2 is 2.11 bits per heavy atom.